The number of rotatable bonds is 4. The Bertz CT molecular complexity index is 627. The van der Waals surface area contributed by atoms with E-state index < -0.39 is 22.7 Å². The van der Waals surface area contributed by atoms with E-state index in [1.807, 2.05) is 0 Å². The number of nitrogens with zero attached hydrogens (tertiary/aromatic N) is 1. The van der Waals surface area contributed by atoms with Crippen LogP contribution < -0.4 is 10.4 Å². The lowest BCUT2D eigenvalue weighted by molar-refractivity contribution is -0.384. The maximum atomic E-state index is 12.4. The number of amides is 1. The van der Waals surface area contributed by atoms with Crippen molar-refractivity contribution in [3.63, 3.8) is 0 Å². The third-order valence-electron chi connectivity index (χ3n) is 4.84. The smallest absolute Gasteiger partial charge is 0.269 e. The van der Waals surface area contributed by atoms with E-state index in [-0.39, 0.29) is 23.4 Å². The van der Waals surface area contributed by atoms with Crippen molar-refractivity contribution in [1.29, 1.82) is 0 Å². The van der Waals surface area contributed by atoms with Gasteiger partial charge in [0.2, 0.25) is 5.91 Å². The fourth-order valence-electron chi connectivity index (χ4n) is 3.90. The lowest BCUT2D eigenvalue weighted by Gasteiger charge is -2.30. The quantitative estimate of drug-likeness (QED) is 0.657. The molecule has 1 amide bonds. The number of nitro groups is 1. The summed E-state index contributed by atoms with van der Waals surface area (Å²) in [4.78, 5) is 33.8. The highest BCUT2D eigenvalue weighted by Crippen LogP contribution is 2.52. The van der Waals surface area contributed by atoms with E-state index >= 15 is 0 Å². The van der Waals surface area contributed by atoms with E-state index in [4.69, 9.17) is 0 Å². The number of fused-ring (bicyclic) bond motifs is 2. The van der Waals surface area contributed by atoms with Gasteiger partial charge in [-0.25, -0.2) is 0 Å². The van der Waals surface area contributed by atoms with Gasteiger partial charge >= 0.3 is 0 Å². The molecule has 0 radical (unpaired) electrons. The summed E-state index contributed by atoms with van der Waals surface area (Å²) < 4.78 is 0. The molecule has 22 heavy (non-hydrogen) atoms. The number of carbonyl (C=O) groups is 2. The summed E-state index contributed by atoms with van der Waals surface area (Å²) in [5, 5.41) is 24.6. The summed E-state index contributed by atoms with van der Waals surface area (Å²) in [6, 6.07) is 5.48. The van der Waals surface area contributed by atoms with Crippen LogP contribution in [-0.2, 0) is 9.59 Å². The van der Waals surface area contributed by atoms with Crippen LogP contribution >= 0.6 is 0 Å². The average Bonchev–Trinajstić information content (AvgIpc) is 3.08. The van der Waals surface area contributed by atoms with E-state index in [0.29, 0.717) is 5.69 Å². The van der Waals surface area contributed by atoms with E-state index in [9.17, 15) is 24.8 Å². The summed E-state index contributed by atoms with van der Waals surface area (Å²) in [6.07, 6.45) is 2.47. The minimum Gasteiger partial charge on any atom is -0.550 e. The predicted molar refractivity (Wildman–Crippen MR) is 74.5 cm³/mol. The van der Waals surface area contributed by atoms with Crippen LogP contribution in [0.3, 0.4) is 0 Å². The van der Waals surface area contributed by atoms with Crippen molar-refractivity contribution in [3.8, 4) is 0 Å². The molecule has 2 fully saturated rings. The molecule has 2 aliphatic carbocycles. The first-order valence-corrected chi connectivity index (χ1v) is 7.23. The molecule has 7 nitrogen and oxygen atoms in total. The Morgan fingerprint density at radius 2 is 1.68 bits per heavy atom. The Hall–Kier alpha value is -2.44. The fraction of sp³-hybridized carbons (Fsp3) is 0.467. The number of carboxylic acids is 1. The third kappa shape index (κ3) is 2.43. The van der Waals surface area contributed by atoms with Crippen LogP contribution in [-0.4, -0.2) is 16.8 Å². The molecule has 2 saturated carbocycles. The largest absolute Gasteiger partial charge is 0.550 e. The Balaban J connectivity index is 1.73. The maximum Gasteiger partial charge on any atom is 0.269 e. The number of nitrogens with one attached hydrogen (secondary N) is 1. The highest BCUT2D eigenvalue weighted by molar-refractivity contribution is 5.95. The number of carboxylic acid groups (broad SMARTS) is 1. The zero-order valence-corrected chi connectivity index (χ0v) is 11.7. The van der Waals surface area contributed by atoms with Crippen LogP contribution in [0.25, 0.3) is 0 Å². The van der Waals surface area contributed by atoms with Crippen LogP contribution in [0.1, 0.15) is 19.3 Å². The zero-order chi connectivity index (χ0) is 15.9. The van der Waals surface area contributed by atoms with Gasteiger partial charge in [-0.15, -0.1) is 0 Å². The Kier molecular flexibility index (Phi) is 3.56. The van der Waals surface area contributed by atoms with Gasteiger partial charge in [0.1, 0.15) is 0 Å². The summed E-state index contributed by atoms with van der Waals surface area (Å²) in [5.41, 5.74) is 0.362. The van der Waals surface area contributed by atoms with Gasteiger partial charge in [0.05, 0.1) is 4.92 Å². The second-order valence-electron chi connectivity index (χ2n) is 6.00. The van der Waals surface area contributed by atoms with Crippen LogP contribution in [0, 0.1) is 33.8 Å². The number of anilines is 1. The molecule has 0 spiro atoms. The number of aliphatic carboxylic acids is 1. The molecule has 2 bridgehead atoms. The second-order valence-corrected chi connectivity index (χ2v) is 6.00. The molecule has 116 valence electrons. The molecule has 3 rings (SSSR count). The first kappa shape index (κ1) is 14.5. The number of carbonyl (C=O) groups excluding carboxylic acids is 2. The standard InChI is InChI=1S/C15H16N2O5/c18-14(16-10-3-5-11(6-4-10)17(21)22)12-8-1-2-9(7-8)13(12)15(19)20/h3-6,8-9,12-13H,1-2,7H2,(H,16,18)(H,19,20)/p-1/t8-,9-,12-,13-/m0/s1. The monoisotopic (exact) mass is 303 g/mol. The number of hydrogen-bond donors (Lipinski definition) is 1. The lowest BCUT2D eigenvalue weighted by Crippen LogP contribution is -2.43. The molecule has 0 heterocycles. The normalized spacial score (nSPS) is 29.3. The van der Waals surface area contributed by atoms with Gasteiger partial charge < -0.3 is 15.2 Å². The third-order valence-corrected chi connectivity index (χ3v) is 4.84. The maximum absolute atomic E-state index is 12.4. The number of non-ortho nitro benzene ring substituents is 1. The molecule has 1 aromatic rings. The van der Waals surface area contributed by atoms with Crippen molar-refractivity contribution >= 4 is 23.3 Å². The average molecular weight is 303 g/mol. The van der Waals surface area contributed by atoms with E-state index in [2.05, 4.69) is 5.32 Å². The van der Waals surface area contributed by atoms with Gasteiger partial charge in [-0.1, -0.05) is 0 Å². The van der Waals surface area contributed by atoms with E-state index in [1.54, 1.807) is 0 Å². The molecule has 2 aliphatic rings. The summed E-state index contributed by atoms with van der Waals surface area (Å²) in [5.74, 6) is -2.67. The molecule has 7 heteroatoms. The number of benzene rings is 1. The fourth-order valence-corrected chi connectivity index (χ4v) is 3.90. The number of nitro benzene ring substituents is 1. The predicted octanol–water partition coefficient (Wildman–Crippen LogP) is 0.945. The van der Waals surface area contributed by atoms with Crippen molar-refractivity contribution in [2.24, 2.45) is 23.7 Å². The summed E-state index contributed by atoms with van der Waals surface area (Å²) in [6.45, 7) is 0. The molecule has 1 N–H and O–H groups in total. The van der Waals surface area contributed by atoms with Gasteiger partial charge in [0.15, 0.2) is 0 Å². The first-order chi connectivity index (χ1) is 10.5. The molecule has 0 saturated heterocycles. The SMILES string of the molecule is O=C([O-])[C@H]1[C@H]2CC[C@@H](C2)[C@@H]1C(=O)Nc1ccc([N+](=O)[O-])cc1. The lowest BCUT2D eigenvalue weighted by atomic mass is 9.78. The van der Waals surface area contributed by atoms with E-state index in [0.717, 1.165) is 19.3 Å². The molecule has 0 unspecified atom stereocenters. The number of hydrogen-bond acceptors (Lipinski definition) is 5. The van der Waals surface area contributed by atoms with Crippen molar-refractivity contribution < 1.29 is 19.6 Å². The Morgan fingerprint density at radius 3 is 2.23 bits per heavy atom. The second kappa shape index (κ2) is 5.40. The van der Waals surface area contributed by atoms with Crippen molar-refractivity contribution in [2.75, 3.05) is 5.32 Å². The van der Waals surface area contributed by atoms with Gasteiger partial charge in [-0.2, -0.15) is 0 Å². The van der Waals surface area contributed by atoms with Crippen LogP contribution in [0.4, 0.5) is 11.4 Å². The van der Waals surface area contributed by atoms with Crippen LogP contribution in [0.2, 0.25) is 0 Å². The first-order valence-electron chi connectivity index (χ1n) is 7.23. The summed E-state index contributed by atoms with van der Waals surface area (Å²) in [7, 11) is 0. The van der Waals surface area contributed by atoms with Crippen molar-refractivity contribution in [1.82, 2.24) is 0 Å². The molecule has 0 aromatic heterocycles. The molecule has 0 aliphatic heterocycles. The van der Waals surface area contributed by atoms with Crippen LogP contribution in [0.5, 0.6) is 0 Å². The summed E-state index contributed by atoms with van der Waals surface area (Å²) >= 11 is 0. The molecular weight excluding hydrogens is 288 g/mol. The Labute approximate surface area is 126 Å². The van der Waals surface area contributed by atoms with Crippen LogP contribution in [0.15, 0.2) is 24.3 Å². The highest BCUT2D eigenvalue weighted by Gasteiger charge is 2.51. The van der Waals surface area contributed by atoms with Crippen molar-refractivity contribution in [3.05, 3.63) is 34.4 Å². The highest BCUT2D eigenvalue weighted by atomic mass is 16.6. The van der Waals surface area contributed by atoms with Gasteiger partial charge in [-0.3, -0.25) is 14.9 Å². The topological polar surface area (TPSA) is 112 Å². The van der Waals surface area contributed by atoms with E-state index in [1.165, 1.54) is 24.3 Å². The van der Waals surface area contributed by atoms with Gasteiger partial charge in [0.25, 0.3) is 5.69 Å². The minimum absolute atomic E-state index is 0.0302. The molecule has 4 atom stereocenters. The Morgan fingerprint density at radius 1 is 1.09 bits per heavy atom. The minimum atomic E-state index is -1.16. The van der Waals surface area contributed by atoms with Crippen molar-refractivity contribution in [2.45, 2.75) is 19.3 Å². The van der Waals surface area contributed by atoms with Gasteiger partial charge in [-0.05, 0) is 43.2 Å². The zero-order valence-electron chi connectivity index (χ0n) is 11.7. The molecule has 1 aromatic carbocycles. The molecular formula is C15H15N2O5-. The van der Waals surface area contributed by atoms with Gasteiger partial charge in [0, 0.05) is 35.6 Å².